The van der Waals surface area contributed by atoms with E-state index in [4.69, 9.17) is 11.6 Å². The van der Waals surface area contributed by atoms with Gasteiger partial charge in [0.05, 0.1) is 24.1 Å². The summed E-state index contributed by atoms with van der Waals surface area (Å²) >= 11 is 6.28. The number of likely N-dealkylation sites (tertiary alicyclic amines) is 1. The fourth-order valence-corrected chi connectivity index (χ4v) is 5.89. The molecule has 2 fully saturated rings. The van der Waals surface area contributed by atoms with Crippen LogP contribution in [0.5, 0.6) is 0 Å². The molecule has 0 bridgehead atoms. The number of carbonyl (C=O) groups is 2. The van der Waals surface area contributed by atoms with Gasteiger partial charge >= 0.3 is 0 Å². The van der Waals surface area contributed by atoms with Crippen LogP contribution in [0.2, 0.25) is 5.02 Å². The van der Waals surface area contributed by atoms with E-state index in [9.17, 15) is 9.59 Å². The molecule has 39 heavy (non-hydrogen) atoms. The molecule has 1 aliphatic carbocycles. The summed E-state index contributed by atoms with van der Waals surface area (Å²) in [6.45, 7) is 6.09. The third kappa shape index (κ3) is 5.54. The summed E-state index contributed by atoms with van der Waals surface area (Å²) < 4.78 is 1.76. The minimum absolute atomic E-state index is 0.0872. The summed E-state index contributed by atoms with van der Waals surface area (Å²) in [5, 5.41) is 11.5. The first-order valence-electron chi connectivity index (χ1n) is 13.8. The van der Waals surface area contributed by atoms with Crippen LogP contribution in [0.15, 0.2) is 42.6 Å². The first kappa shape index (κ1) is 25.9. The van der Waals surface area contributed by atoms with Gasteiger partial charge in [0.2, 0.25) is 5.91 Å². The van der Waals surface area contributed by atoms with E-state index >= 15 is 0 Å². The topological polar surface area (TPSA) is 82.5 Å². The molecular formula is C30H35ClN6O2. The standard InChI is InChI=1S/C30H35ClN6O2/c1-19-13-22(5-6-23(19)15-32-29(38)21-9-11-36(12-10-21)17-20-3-4-20)30(39)37-18-24-16-33-35(2)28(24)34-26-14-25(31)7-8-27(26)37/h5-8,13-14,16,20-21,34H,3-4,9-12,15,17-18H2,1-2H3,(H,32,38). The van der Waals surface area contributed by atoms with Crippen LogP contribution in [0.1, 0.15) is 52.7 Å². The monoisotopic (exact) mass is 546 g/mol. The first-order chi connectivity index (χ1) is 18.9. The van der Waals surface area contributed by atoms with Crippen molar-refractivity contribution in [3.05, 3.63) is 69.9 Å². The van der Waals surface area contributed by atoms with Gasteiger partial charge in [0, 0.05) is 42.2 Å². The average molecular weight is 547 g/mol. The van der Waals surface area contributed by atoms with Gasteiger partial charge in [-0.25, -0.2) is 0 Å². The summed E-state index contributed by atoms with van der Waals surface area (Å²) in [5.74, 6) is 1.85. The fraction of sp³-hybridized carbons (Fsp3) is 0.433. The van der Waals surface area contributed by atoms with Crippen molar-refractivity contribution >= 4 is 40.6 Å². The van der Waals surface area contributed by atoms with Gasteiger partial charge in [-0.3, -0.25) is 14.3 Å². The van der Waals surface area contributed by atoms with Crippen molar-refractivity contribution in [3.63, 3.8) is 0 Å². The number of aryl methyl sites for hydroxylation is 2. The summed E-state index contributed by atoms with van der Waals surface area (Å²) in [6, 6.07) is 11.2. The predicted molar refractivity (Wildman–Crippen MR) is 153 cm³/mol. The molecule has 1 saturated heterocycles. The van der Waals surface area contributed by atoms with Gasteiger partial charge in [-0.15, -0.1) is 0 Å². The smallest absolute Gasteiger partial charge is 0.258 e. The van der Waals surface area contributed by atoms with Gasteiger partial charge in [-0.05, 0) is 93.1 Å². The number of carbonyl (C=O) groups excluding carboxylic acids is 2. The van der Waals surface area contributed by atoms with E-state index in [0.29, 0.717) is 23.7 Å². The van der Waals surface area contributed by atoms with Crippen LogP contribution in [0.25, 0.3) is 0 Å². The SMILES string of the molecule is Cc1cc(C(=O)N2Cc3cnn(C)c3Nc3cc(Cl)ccc32)ccc1CNC(=O)C1CCN(CC2CC2)CC1. The lowest BCUT2D eigenvalue weighted by atomic mass is 9.95. The number of nitrogens with zero attached hydrogens (tertiary/aromatic N) is 4. The summed E-state index contributed by atoms with van der Waals surface area (Å²) in [7, 11) is 1.87. The summed E-state index contributed by atoms with van der Waals surface area (Å²) in [4.78, 5) is 31.0. The average Bonchev–Trinajstić information content (AvgIpc) is 3.71. The first-order valence-corrected chi connectivity index (χ1v) is 14.2. The molecule has 3 heterocycles. The Morgan fingerprint density at radius 3 is 2.64 bits per heavy atom. The van der Waals surface area contributed by atoms with E-state index in [1.165, 1.54) is 19.4 Å². The van der Waals surface area contributed by atoms with Crippen LogP contribution >= 0.6 is 11.6 Å². The second-order valence-corrected chi connectivity index (χ2v) is 11.6. The zero-order chi connectivity index (χ0) is 27.1. The maximum Gasteiger partial charge on any atom is 0.258 e. The molecule has 6 rings (SSSR count). The minimum Gasteiger partial charge on any atom is -0.352 e. The Hall–Kier alpha value is -3.36. The molecule has 9 heteroatoms. The number of fused-ring (bicyclic) bond motifs is 2. The van der Waals surface area contributed by atoms with Gasteiger partial charge in [-0.1, -0.05) is 17.7 Å². The van der Waals surface area contributed by atoms with Crippen molar-refractivity contribution in [1.29, 1.82) is 0 Å². The molecule has 2 aliphatic heterocycles. The highest BCUT2D eigenvalue weighted by Gasteiger charge is 2.30. The lowest BCUT2D eigenvalue weighted by Crippen LogP contribution is -2.41. The number of hydrogen-bond donors (Lipinski definition) is 2. The zero-order valence-corrected chi connectivity index (χ0v) is 23.3. The number of anilines is 3. The number of rotatable bonds is 6. The number of hydrogen-bond acceptors (Lipinski definition) is 5. The molecule has 8 nitrogen and oxygen atoms in total. The number of aromatic nitrogens is 2. The molecule has 1 aromatic heterocycles. The molecule has 2 amide bonds. The van der Waals surface area contributed by atoms with E-state index in [1.807, 2.05) is 44.3 Å². The number of benzene rings is 2. The van der Waals surface area contributed by atoms with E-state index in [1.54, 1.807) is 21.8 Å². The number of amides is 2. The molecule has 204 valence electrons. The summed E-state index contributed by atoms with van der Waals surface area (Å²) in [5.41, 5.74) is 5.04. The molecule has 2 aromatic carbocycles. The third-order valence-electron chi connectivity index (χ3n) is 8.30. The Morgan fingerprint density at radius 2 is 1.90 bits per heavy atom. The van der Waals surface area contributed by atoms with Crippen molar-refractivity contribution in [2.24, 2.45) is 18.9 Å². The Morgan fingerprint density at radius 1 is 1.10 bits per heavy atom. The predicted octanol–water partition coefficient (Wildman–Crippen LogP) is 5.02. The van der Waals surface area contributed by atoms with Crippen molar-refractivity contribution in [3.8, 4) is 0 Å². The molecule has 0 unspecified atom stereocenters. The van der Waals surface area contributed by atoms with Crippen LogP contribution in [-0.2, 0) is 24.9 Å². The second-order valence-electron chi connectivity index (χ2n) is 11.2. The van der Waals surface area contributed by atoms with Gasteiger partial charge in [0.25, 0.3) is 5.91 Å². The molecule has 0 radical (unpaired) electrons. The Bertz CT molecular complexity index is 1410. The quantitative estimate of drug-likeness (QED) is 0.453. The van der Waals surface area contributed by atoms with Crippen LogP contribution in [-0.4, -0.2) is 46.1 Å². The van der Waals surface area contributed by atoms with Crippen molar-refractivity contribution < 1.29 is 9.59 Å². The van der Waals surface area contributed by atoms with Gasteiger partial charge in [-0.2, -0.15) is 5.10 Å². The number of nitrogens with one attached hydrogen (secondary N) is 2. The van der Waals surface area contributed by atoms with Crippen molar-refractivity contribution in [2.75, 3.05) is 29.9 Å². The highest BCUT2D eigenvalue weighted by atomic mass is 35.5. The van der Waals surface area contributed by atoms with Crippen LogP contribution in [0, 0.1) is 18.8 Å². The summed E-state index contributed by atoms with van der Waals surface area (Å²) in [6.07, 6.45) is 6.38. The third-order valence-corrected chi connectivity index (χ3v) is 8.54. The Balaban J connectivity index is 1.13. The minimum atomic E-state index is -0.103. The Kier molecular flexibility index (Phi) is 7.08. The highest BCUT2D eigenvalue weighted by molar-refractivity contribution is 6.31. The van der Waals surface area contributed by atoms with Crippen molar-refractivity contribution in [2.45, 2.75) is 45.7 Å². The van der Waals surface area contributed by atoms with E-state index in [-0.39, 0.29) is 17.7 Å². The van der Waals surface area contributed by atoms with Crippen LogP contribution in [0.4, 0.5) is 17.2 Å². The highest BCUT2D eigenvalue weighted by Crippen LogP contribution is 2.38. The van der Waals surface area contributed by atoms with E-state index in [0.717, 1.165) is 65.7 Å². The molecule has 1 saturated carbocycles. The van der Waals surface area contributed by atoms with E-state index < -0.39 is 0 Å². The maximum atomic E-state index is 13.8. The molecule has 2 N–H and O–H groups in total. The lowest BCUT2D eigenvalue weighted by Gasteiger charge is -2.31. The fourth-order valence-electron chi connectivity index (χ4n) is 5.72. The van der Waals surface area contributed by atoms with Gasteiger partial charge in [0.1, 0.15) is 5.82 Å². The van der Waals surface area contributed by atoms with Crippen LogP contribution in [0.3, 0.4) is 0 Å². The molecule has 0 atom stereocenters. The van der Waals surface area contributed by atoms with Crippen LogP contribution < -0.4 is 15.5 Å². The molecular weight excluding hydrogens is 512 g/mol. The van der Waals surface area contributed by atoms with Gasteiger partial charge < -0.3 is 20.4 Å². The second kappa shape index (κ2) is 10.7. The van der Waals surface area contributed by atoms with Gasteiger partial charge in [0.15, 0.2) is 0 Å². The Labute approximate surface area is 234 Å². The largest absolute Gasteiger partial charge is 0.352 e. The zero-order valence-electron chi connectivity index (χ0n) is 22.5. The van der Waals surface area contributed by atoms with E-state index in [2.05, 4.69) is 20.6 Å². The molecule has 3 aromatic rings. The molecule has 3 aliphatic rings. The lowest BCUT2D eigenvalue weighted by molar-refractivity contribution is -0.126. The number of halogens is 1. The van der Waals surface area contributed by atoms with Crippen molar-refractivity contribution in [1.82, 2.24) is 20.0 Å². The number of piperidine rings is 1. The normalized spacial score (nSPS) is 17.7. The maximum absolute atomic E-state index is 13.8. The molecule has 0 spiro atoms.